The molecule has 0 saturated carbocycles. The summed E-state index contributed by atoms with van der Waals surface area (Å²) in [7, 11) is 0. The molecule has 2 aliphatic heterocycles. The highest BCUT2D eigenvalue weighted by molar-refractivity contribution is 6.21. The zero-order valence-corrected chi connectivity index (χ0v) is 12.7. The lowest BCUT2D eigenvalue weighted by molar-refractivity contribution is -0.372. The molecule has 0 aromatic heterocycles. The highest BCUT2D eigenvalue weighted by atomic mass is 35.5. The Hall–Kier alpha value is -0.110. The van der Waals surface area contributed by atoms with Gasteiger partial charge in [-0.3, -0.25) is 0 Å². The fourth-order valence-corrected chi connectivity index (χ4v) is 2.89. The molecule has 0 aromatic carbocycles. The van der Waals surface area contributed by atoms with Crippen LogP contribution in [0.2, 0.25) is 0 Å². The molecule has 2 aliphatic rings. The Labute approximate surface area is 136 Å². The summed E-state index contributed by atoms with van der Waals surface area (Å²) in [6.07, 6.45) is -10.4. The van der Waals surface area contributed by atoms with Gasteiger partial charge in [0.2, 0.25) is 5.79 Å². The number of ether oxygens (including phenoxy) is 3. The SMILES string of the molecule is OC[C@H]1OC(CO)(O[C@H]2O[C@H](CO)[C@H](Cl)[C@H](O)[C@H]2O)[C@@H](O)[C@@H]1O. The molecule has 2 rings (SSSR count). The first-order valence-corrected chi connectivity index (χ1v) is 7.45. The molecule has 136 valence electrons. The van der Waals surface area contributed by atoms with Gasteiger partial charge < -0.3 is 50.0 Å². The van der Waals surface area contributed by atoms with Crippen molar-refractivity contribution in [2.24, 2.45) is 0 Å². The molecule has 2 saturated heterocycles. The van der Waals surface area contributed by atoms with Gasteiger partial charge in [0.1, 0.15) is 43.2 Å². The standard InChI is InChI=1S/C12H21ClO10/c13-6-4(1-14)21-11(9(19)8(6)18)23-12(3-16)10(20)7(17)5(2-15)22-12/h4-11,14-20H,1-3H2/t4-,5-,6+,7-,8+,9-,10+,11-,12?/m1/s1. The number of aliphatic hydroxyl groups excluding tert-OH is 7. The first kappa shape index (κ1) is 19.2. The third-order valence-electron chi connectivity index (χ3n) is 4.02. The quantitative estimate of drug-likeness (QED) is 0.239. The van der Waals surface area contributed by atoms with Crippen molar-refractivity contribution in [3.05, 3.63) is 0 Å². The second-order valence-corrected chi connectivity index (χ2v) is 6.02. The minimum Gasteiger partial charge on any atom is -0.394 e. The van der Waals surface area contributed by atoms with Crippen molar-refractivity contribution in [1.82, 2.24) is 0 Å². The molecule has 2 heterocycles. The van der Waals surface area contributed by atoms with Crippen LogP contribution in [0.15, 0.2) is 0 Å². The van der Waals surface area contributed by atoms with Crippen molar-refractivity contribution in [1.29, 1.82) is 0 Å². The Balaban J connectivity index is 2.18. The number of halogens is 1. The van der Waals surface area contributed by atoms with Gasteiger partial charge in [0, 0.05) is 0 Å². The van der Waals surface area contributed by atoms with Crippen LogP contribution in [0.4, 0.5) is 0 Å². The minimum absolute atomic E-state index is 0.574. The fraction of sp³-hybridized carbons (Fsp3) is 1.00. The smallest absolute Gasteiger partial charge is 0.224 e. The van der Waals surface area contributed by atoms with Crippen molar-refractivity contribution in [2.75, 3.05) is 19.8 Å². The van der Waals surface area contributed by atoms with E-state index in [0.717, 1.165) is 0 Å². The summed E-state index contributed by atoms with van der Waals surface area (Å²) in [5.74, 6) is -2.18. The van der Waals surface area contributed by atoms with E-state index in [9.17, 15) is 30.6 Å². The maximum atomic E-state index is 10.0. The van der Waals surface area contributed by atoms with Gasteiger partial charge in [-0.15, -0.1) is 11.6 Å². The highest BCUT2D eigenvalue weighted by Crippen LogP contribution is 2.36. The average molecular weight is 361 g/mol. The van der Waals surface area contributed by atoms with Gasteiger partial charge in [0.05, 0.1) is 18.6 Å². The van der Waals surface area contributed by atoms with E-state index >= 15 is 0 Å². The van der Waals surface area contributed by atoms with Crippen LogP contribution in [0.3, 0.4) is 0 Å². The van der Waals surface area contributed by atoms with Gasteiger partial charge in [0.15, 0.2) is 6.29 Å². The number of hydrogen-bond acceptors (Lipinski definition) is 10. The molecule has 7 N–H and O–H groups in total. The summed E-state index contributed by atoms with van der Waals surface area (Å²) in [4.78, 5) is 0. The zero-order valence-electron chi connectivity index (χ0n) is 12.0. The van der Waals surface area contributed by atoms with Gasteiger partial charge in [-0.2, -0.15) is 0 Å². The van der Waals surface area contributed by atoms with Crippen LogP contribution in [0.1, 0.15) is 0 Å². The minimum atomic E-state index is -2.18. The van der Waals surface area contributed by atoms with Gasteiger partial charge in [-0.05, 0) is 0 Å². The summed E-state index contributed by atoms with van der Waals surface area (Å²) in [5.41, 5.74) is 0. The molecular formula is C12H21ClO10. The summed E-state index contributed by atoms with van der Waals surface area (Å²) in [6, 6.07) is 0. The maximum absolute atomic E-state index is 10.0. The Morgan fingerprint density at radius 1 is 0.913 bits per heavy atom. The van der Waals surface area contributed by atoms with Crippen LogP contribution in [0.5, 0.6) is 0 Å². The van der Waals surface area contributed by atoms with E-state index in [1.807, 2.05) is 0 Å². The molecule has 0 bridgehead atoms. The molecule has 0 radical (unpaired) electrons. The second-order valence-electron chi connectivity index (χ2n) is 5.51. The third kappa shape index (κ3) is 3.34. The molecule has 0 amide bonds. The number of rotatable bonds is 5. The van der Waals surface area contributed by atoms with Gasteiger partial charge in [-0.25, -0.2) is 0 Å². The predicted octanol–water partition coefficient (Wildman–Crippen LogP) is -4.15. The second kappa shape index (κ2) is 7.42. The Bertz CT molecular complexity index is 398. The average Bonchev–Trinajstić information content (AvgIpc) is 2.80. The Morgan fingerprint density at radius 3 is 2.00 bits per heavy atom. The highest BCUT2D eigenvalue weighted by Gasteiger charge is 2.58. The number of aliphatic hydroxyl groups is 7. The first-order chi connectivity index (χ1) is 10.8. The summed E-state index contributed by atoms with van der Waals surface area (Å²) in [5, 5.41) is 66.3. The van der Waals surface area contributed by atoms with Gasteiger partial charge >= 0.3 is 0 Å². The van der Waals surface area contributed by atoms with E-state index in [2.05, 4.69) is 0 Å². The zero-order chi connectivity index (χ0) is 17.4. The first-order valence-electron chi connectivity index (χ1n) is 7.01. The molecular weight excluding hydrogens is 340 g/mol. The predicted molar refractivity (Wildman–Crippen MR) is 72.3 cm³/mol. The summed E-state index contributed by atoms with van der Waals surface area (Å²) in [6.45, 7) is -2.16. The van der Waals surface area contributed by atoms with Crippen LogP contribution < -0.4 is 0 Å². The molecule has 11 heteroatoms. The Morgan fingerprint density at radius 2 is 1.52 bits per heavy atom. The fourth-order valence-electron chi connectivity index (χ4n) is 2.60. The van der Waals surface area contributed by atoms with Crippen LogP contribution in [0, 0.1) is 0 Å². The van der Waals surface area contributed by atoms with Crippen LogP contribution in [-0.2, 0) is 14.2 Å². The van der Waals surface area contributed by atoms with E-state index in [4.69, 9.17) is 30.9 Å². The van der Waals surface area contributed by atoms with Crippen molar-refractivity contribution in [2.45, 2.75) is 54.1 Å². The van der Waals surface area contributed by atoms with E-state index in [0.29, 0.717) is 0 Å². The van der Waals surface area contributed by atoms with E-state index < -0.39 is 73.9 Å². The molecule has 10 nitrogen and oxygen atoms in total. The summed E-state index contributed by atoms with van der Waals surface area (Å²) < 4.78 is 15.6. The maximum Gasteiger partial charge on any atom is 0.224 e. The third-order valence-corrected chi connectivity index (χ3v) is 4.56. The van der Waals surface area contributed by atoms with Gasteiger partial charge in [-0.1, -0.05) is 0 Å². The van der Waals surface area contributed by atoms with Crippen LogP contribution in [0.25, 0.3) is 0 Å². The van der Waals surface area contributed by atoms with Crippen molar-refractivity contribution >= 4 is 11.6 Å². The molecule has 1 unspecified atom stereocenters. The molecule has 0 aromatic rings. The molecule has 0 aliphatic carbocycles. The van der Waals surface area contributed by atoms with E-state index in [1.54, 1.807) is 0 Å². The topological polar surface area (TPSA) is 169 Å². The Kier molecular flexibility index (Phi) is 6.20. The van der Waals surface area contributed by atoms with Crippen LogP contribution >= 0.6 is 11.6 Å². The van der Waals surface area contributed by atoms with Crippen LogP contribution in [-0.4, -0.2) is 110 Å². The van der Waals surface area contributed by atoms with Crippen molar-refractivity contribution < 1.29 is 50.0 Å². The molecule has 0 spiro atoms. The normalized spacial score (nSPS) is 51.1. The molecule has 9 atom stereocenters. The molecule has 2 fully saturated rings. The summed E-state index contributed by atoms with van der Waals surface area (Å²) >= 11 is 5.82. The monoisotopic (exact) mass is 360 g/mol. The lowest BCUT2D eigenvalue weighted by Gasteiger charge is -2.43. The van der Waals surface area contributed by atoms with Gasteiger partial charge in [0.25, 0.3) is 0 Å². The number of hydrogen-bond donors (Lipinski definition) is 7. The lowest BCUT2D eigenvalue weighted by Crippen LogP contribution is -2.61. The van der Waals surface area contributed by atoms with E-state index in [1.165, 1.54) is 0 Å². The van der Waals surface area contributed by atoms with E-state index in [-0.39, 0.29) is 0 Å². The number of alkyl halides is 1. The lowest BCUT2D eigenvalue weighted by atomic mass is 10.0. The van der Waals surface area contributed by atoms with Crippen molar-refractivity contribution in [3.63, 3.8) is 0 Å². The largest absolute Gasteiger partial charge is 0.394 e. The van der Waals surface area contributed by atoms with Crippen molar-refractivity contribution in [3.8, 4) is 0 Å². The molecule has 23 heavy (non-hydrogen) atoms.